The SMILES string of the molecule is CCCCCCCCCCCCCCC=CCC1=[N+]([O-])C(C(C)N)CN1. The number of unbranched alkanes of at least 4 members (excludes halogenated alkanes) is 12. The summed E-state index contributed by atoms with van der Waals surface area (Å²) in [6.07, 6.45) is 22.8. The molecule has 1 aliphatic heterocycles. The van der Waals surface area contributed by atoms with Gasteiger partial charge in [-0.25, -0.2) is 0 Å². The van der Waals surface area contributed by atoms with E-state index in [0.29, 0.717) is 13.0 Å². The quantitative estimate of drug-likeness (QED) is 0.170. The summed E-state index contributed by atoms with van der Waals surface area (Å²) in [5, 5.41) is 15.2. The second kappa shape index (κ2) is 15.1. The van der Waals surface area contributed by atoms with E-state index in [1.165, 1.54) is 77.0 Å². The van der Waals surface area contributed by atoms with Gasteiger partial charge in [-0.05, 0) is 19.8 Å². The number of nitrogens with zero attached hydrogens (tertiary/aromatic N) is 1. The first-order valence-electron chi connectivity index (χ1n) is 11.1. The predicted molar refractivity (Wildman–Crippen MR) is 114 cm³/mol. The largest absolute Gasteiger partial charge is 0.715 e. The van der Waals surface area contributed by atoms with Crippen LogP contribution in [0.4, 0.5) is 0 Å². The minimum atomic E-state index is -0.116. The van der Waals surface area contributed by atoms with Crippen LogP contribution in [0.5, 0.6) is 0 Å². The maximum Gasteiger partial charge on any atom is 0.252 e. The second-order valence-corrected chi connectivity index (χ2v) is 7.93. The summed E-state index contributed by atoms with van der Waals surface area (Å²) in [6, 6.07) is -0.211. The lowest BCUT2D eigenvalue weighted by atomic mass is 10.0. The van der Waals surface area contributed by atoms with E-state index >= 15 is 0 Å². The number of hydrogen-bond acceptors (Lipinski definition) is 3. The molecule has 0 amide bonds. The van der Waals surface area contributed by atoms with Gasteiger partial charge in [-0.3, -0.25) is 10.1 Å². The topological polar surface area (TPSA) is 64.1 Å². The van der Waals surface area contributed by atoms with Crippen molar-refractivity contribution >= 4 is 5.84 Å². The van der Waals surface area contributed by atoms with E-state index in [1.807, 2.05) is 6.92 Å². The lowest BCUT2D eigenvalue weighted by Gasteiger charge is -2.17. The number of nitrogens with one attached hydrogen (secondary N) is 1. The third kappa shape index (κ3) is 10.2. The third-order valence-electron chi connectivity index (χ3n) is 5.39. The molecule has 1 rings (SSSR count). The molecule has 2 atom stereocenters. The number of hydroxylamine groups is 1. The number of hydrogen-bond donors (Lipinski definition) is 2. The van der Waals surface area contributed by atoms with Crippen LogP contribution < -0.4 is 11.1 Å². The molecule has 0 radical (unpaired) electrons. The zero-order valence-electron chi connectivity index (χ0n) is 17.3. The highest BCUT2D eigenvalue weighted by Gasteiger charge is 2.28. The van der Waals surface area contributed by atoms with E-state index in [0.717, 1.165) is 17.0 Å². The molecule has 0 bridgehead atoms. The van der Waals surface area contributed by atoms with E-state index in [4.69, 9.17) is 5.73 Å². The Morgan fingerprint density at radius 2 is 1.54 bits per heavy atom. The Kier molecular flexibility index (Phi) is 13.3. The molecule has 0 aromatic rings. The Morgan fingerprint density at radius 1 is 1.00 bits per heavy atom. The first-order chi connectivity index (χ1) is 12.7. The predicted octanol–water partition coefficient (Wildman–Crippen LogP) is 5.25. The molecule has 4 nitrogen and oxygen atoms in total. The van der Waals surface area contributed by atoms with Gasteiger partial charge in [-0.1, -0.05) is 89.7 Å². The van der Waals surface area contributed by atoms with Crippen LogP contribution in [0.15, 0.2) is 12.2 Å². The second-order valence-electron chi connectivity index (χ2n) is 7.93. The summed E-state index contributed by atoms with van der Waals surface area (Å²) in [5.41, 5.74) is 5.82. The van der Waals surface area contributed by atoms with Crippen LogP contribution in [-0.4, -0.2) is 29.2 Å². The van der Waals surface area contributed by atoms with Gasteiger partial charge in [-0.15, -0.1) is 0 Å². The maximum absolute atomic E-state index is 12.0. The molecule has 0 fully saturated rings. The Hall–Kier alpha value is -1.03. The fourth-order valence-corrected chi connectivity index (χ4v) is 3.56. The van der Waals surface area contributed by atoms with Crippen molar-refractivity contribution in [2.45, 2.75) is 116 Å². The molecular weight excluding hydrogens is 322 g/mol. The molecular formula is C22H43N3O. The number of amidine groups is 1. The van der Waals surface area contributed by atoms with Crippen molar-refractivity contribution in [2.24, 2.45) is 5.73 Å². The van der Waals surface area contributed by atoms with E-state index in [1.54, 1.807) is 0 Å². The van der Waals surface area contributed by atoms with Gasteiger partial charge in [0.1, 0.15) is 12.6 Å². The molecule has 3 N–H and O–H groups in total. The Balaban J connectivity index is 1.90. The maximum atomic E-state index is 12.0. The molecule has 0 aromatic heterocycles. The lowest BCUT2D eigenvalue weighted by Crippen LogP contribution is -2.39. The van der Waals surface area contributed by atoms with Gasteiger partial charge in [0.05, 0.1) is 6.42 Å². The number of rotatable bonds is 16. The number of allylic oxidation sites excluding steroid dienone is 1. The fraction of sp³-hybridized carbons (Fsp3) is 0.864. The van der Waals surface area contributed by atoms with Crippen LogP contribution in [0, 0.1) is 5.21 Å². The third-order valence-corrected chi connectivity index (χ3v) is 5.39. The van der Waals surface area contributed by atoms with E-state index < -0.39 is 0 Å². The molecule has 2 unspecified atom stereocenters. The zero-order valence-corrected chi connectivity index (χ0v) is 17.3. The summed E-state index contributed by atoms with van der Waals surface area (Å²) in [6.45, 7) is 4.84. The van der Waals surface area contributed by atoms with Crippen molar-refractivity contribution in [3.63, 3.8) is 0 Å². The highest BCUT2D eigenvalue weighted by Crippen LogP contribution is 2.12. The minimum absolute atomic E-state index is 0.0949. The highest BCUT2D eigenvalue weighted by molar-refractivity contribution is 5.80. The van der Waals surface area contributed by atoms with Crippen LogP contribution in [0.1, 0.15) is 104 Å². The van der Waals surface area contributed by atoms with Crippen LogP contribution in [0.2, 0.25) is 0 Å². The summed E-state index contributed by atoms with van der Waals surface area (Å²) in [4.78, 5) is 0. The molecule has 0 spiro atoms. The normalized spacial score (nSPS) is 18.7. The Morgan fingerprint density at radius 3 is 2.04 bits per heavy atom. The van der Waals surface area contributed by atoms with E-state index in [-0.39, 0.29) is 12.1 Å². The van der Waals surface area contributed by atoms with Gasteiger partial charge in [0, 0.05) is 6.04 Å². The van der Waals surface area contributed by atoms with Gasteiger partial charge in [0.2, 0.25) is 0 Å². The fourth-order valence-electron chi connectivity index (χ4n) is 3.56. The van der Waals surface area contributed by atoms with Gasteiger partial charge < -0.3 is 10.9 Å². The molecule has 0 saturated carbocycles. The van der Waals surface area contributed by atoms with Crippen molar-refractivity contribution in [1.82, 2.24) is 5.32 Å². The standard InChI is InChI=1S/C22H43N3O/c1-3-4-5-6-7-8-9-10-11-12-13-14-15-16-17-18-22-24-19-21(20(2)23)25(22)26/h16-17,20-21,24H,3-15,18-19,23H2,1-2H3. The summed E-state index contributed by atoms with van der Waals surface area (Å²) >= 11 is 0. The highest BCUT2D eigenvalue weighted by atomic mass is 16.5. The molecule has 0 aromatic carbocycles. The summed E-state index contributed by atoms with van der Waals surface area (Å²) in [5.74, 6) is 0.762. The van der Waals surface area contributed by atoms with Gasteiger partial charge >= 0.3 is 0 Å². The number of nitrogens with two attached hydrogens (primary N) is 1. The molecule has 152 valence electrons. The van der Waals surface area contributed by atoms with Gasteiger partial charge in [-0.2, -0.15) is 0 Å². The van der Waals surface area contributed by atoms with Crippen LogP contribution >= 0.6 is 0 Å². The van der Waals surface area contributed by atoms with E-state index in [2.05, 4.69) is 24.4 Å². The Bertz CT molecular complexity index is 404. The van der Waals surface area contributed by atoms with Crippen molar-refractivity contribution in [3.8, 4) is 0 Å². The first kappa shape index (κ1) is 23.0. The molecule has 1 heterocycles. The van der Waals surface area contributed by atoms with Crippen molar-refractivity contribution in [2.75, 3.05) is 6.54 Å². The zero-order chi connectivity index (χ0) is 19.0. The first-order valence-corrected chi connectivity index (χ1v) is 11.1. The molecule has 4 heteroatoms. The molecule has 0 saturated heterocycles. The lowest BCUT2D eigenvalue weighted by molar-refractivity contribution is -0.492. The van der Waals surface area contributed by atoms with E-state index in [9.17, 15) is 5.21 Å². The molecule has 0 aliphatic carbocycles. The van der Waals surface area contributed by atoms with Crippen LogP contribution in [0.25, 0.3) is 0 Å². The summed E-state index contributed by atoms with van der Waals surface area (Å²) < 4.78 is 1.07. The van der Waals surface area contributed by atoms with Crippen LogP contribution in [-0.2, 0) is 0 Å². The summed E-state index contributed by atoms with van der Waals surface area (Å²) in [7, 11) is 0. The van der Waals surface area contributed by atoms with Crippen molar-refractivity contribution in [1.29, 1.82) is 0 Å². The van der Waals surface area contributed by atoms with Gasteiger partial charge in [0.25, 0.3) is 5.84 Å². The van der Waals surface area contributed by atoms with Crippen molar-refractivity contribution in [3.05, 3.63) is 17.4 Å². The minimum Gasteiger partial charge on any atom is -0.715 e. The van der Waals surface area contributed by atoms with Crippen LogP contribution in [0.3, 0.4) is 0 Å². The molecule has 26 heavy (non-hydrogen) atoms. The smallest absolute Gasteiger partial charge is 0.252 e. The average molecular weight is 366 g/mol. The monoisotopic (exact) mass is 365 g/mol. The average Bonchev–Trinajstić information content (AvgIpc) is 2.99. The molecule has 1 aliphatic rings. The van der Waals surface area contributed by atoms with Crippen molar-refractivity contribution < 1.29 is 4.74 Å². The Labute approximate surface area is 161 Å². The van der Waals surface area contributed by atoms with Gasteiger partial charge in [0.15, 0.2) is 0 Å².